The molecule has 10 heteroatoms. The standard InChI is InChI=1S/C19H15ClF3N3O3/c1-18-9-11-8-12(20)2-7-15(11)16(18)25-26(10-28-18)17(27)24-13-3-5-14(6-4-13)29-19(21,22)23/h2-8H,9-10H2,1H3,(H,24,27). The molecule has 0 radical (unpaired) electrons. The number of hydrazone groups is 1. The van der Waals surface area contributed by atoms with Crippen molar-refractivity contribution in [2.24, 2.45) is 5.10 Å². The van der Waals surface area contributed by atoms with Crippen molar-refractivity contribution in [2.75, 3.05) is 12.0 Å². The van der Waals surface area contributed by atoms with Crippen molar-refractivity contribution >= 4 is 29.0 Å². The van der Waals surface area contributed by atoms with Crippen LogP contribution in [0.15, 0.2) is 47.6 Å². The van der Waals surface area contributed by atoms with Gasteiger partial charge in [-0.2, -0.15) is 10.1 Å². The molecule has 1 aliphatic carbocycles. The third-order valence-corrected chi connectivity index (χ3v) is 4.89. The van der Waals surface area contributed by atoms with Gasteiger partial charge in [-0.1, -0.05) is 17.7 Å². The number of carbonyl (C=O) groups excluding carboxylic acids is 1. The highest BCUT2D eigenvalue weighted by atomic mass is 35.5. The van der Waals surface area contributed by atoms with Crippen molar-refractivity contribution in [1.82, 2.24) is 5.01 Å². The van der Waals surface area contributed by atoms with Gasteiger partial charge in [0.1, 0.15) is 23.8 Å². The van der Waals surface area contributed by atoms with Crippen LogP contribution in [0, 0.1) is 0 Å². The van der Waals surface area contributed by atoms with Gasteiger partial charge in [-0.15, -0.1) is 13.2 Å². The molecule has 1 aliphatic heterocycles. The number of halogens is 4. The summed E-state index contributed by atoms with van der Waals surface area (Å²) < 4.78 is 46.4. The molecule has 0 bridgehead atoms. The van der Waals surface area contributed by atoms with Crippen molar-refractivity contribution in [3.05, 3.63) is 58.6 Å². The number of nitrogens with zero attached hydrogens (tertiary/aromatic N) is 2. The van der Waals surface area contributed by atoms with Gasteiger partial charge in [-0.3, -0.25) is 0 Å². The molecule has 1 atom stereocenters. The van der Waals surface area contributed by atoms with Gasteiger partial charge in [0.15, 0.2) is 0 Å². The zero-order valence-electron chi connectivity index (χ0n) is 15.1. The first kappa shape index (κ1) is 19.5. The molecule has 6 nitrogen and oxygen atoms in total. The van der Waals surface area contributed by atoms with Crippen LogP contribution in [0.4, 0.5) is 23.7 Å². The van der Waals surface area contributed by atoms with Crippen molar-refractivity contribution in [3.8, 4) is 5.75 Å². The summed E-state index contributed by atoms with van der Waals surface area (Å²) in [5.74, 6) is -0.381. The highest BCUT2D eigenvalue weighted by Crippen LogP contribution is 2.37. The predicted molar refractivity (Wildman–Crippen MR) is 100 cm³/mol. The van der Waals surface area contributed by atoms with Crippen molar-refractivity contribution in [3.63, 3.8) is 0 Å². The maximum atomic E-state index is 12.5. The molecule has 2 aromatic carbocycles. The molecule has 2 amide bonds. The summed E-state index contributed by atoms with van der Waals surface area (Å²) in [7, 11) is 0. The average Bonchev–Trinajstić information content (AvgIpc) is 2.92. The van der Waals surface area contributed by atoms with Crippen LogP contribution >= 0.6 is 11.6 Å². The zero-order valence-corrected chi connectivity index (χ0v) is 15.8. The minimum absolute atomic E-state index is 0.0666. The second-order valence-electron chi connectivity index (χ2n) is 6.83. The lowest BCUT2D eigenvalue weighted by atomic mass is 10.0. The molecule has 1 unspecified atom stereocenters. The lowest BCUT2D eigenvalue weighted by Crippen LogP contribution is -2.48. The summed E-state index contributed by atoms with van der Waals surface area (Å²) in [6, 6.07) is 9.67. The smallest absolute Gasteiger partial charge is 0.406 e. The Kier molecular flexibility index (Phi) is 4.66. The molecule has 0 aromatic heterocycles. The highest BCUT2D eigenvalue weighted by Gasteiger charge is 2.44. The van der Waals surface area contributed by atoms with Crippen LogP contribution in [0.5, 0.6) is 5.75 Å². The summed E-state index contributed by atoms with van der Waals surface area (Å²) in [4.78, 5) is 12.5. The van der Waals surface area contributed by atoms with E-state index in [4.69, 9.17) is 16.3 Å². The van der Waals surface area contributed by atoms with Gasteiger partial charge >= 0.3 is 12.4 Å². The highest BCUT2D eigenvalue weighted by molar-refractivity contribution is 6.31. The van der Waals surface area contributed by atoms with Crippen molar-refractivity contribution < 1.29 is 27.4 Å². The van der Waals surface area contributed by atoms with E-state index in [1.807, 2.05) is 19.1 Å². The van der Waals surface area contributed by atoms with Crippen molar-refractivity contribution in [2.45, 2.75) is 25.3 Å². The number of carbonyl (C=O) groups is 1. The average molecular weight is 426 g/mol. The Hall–Kier alpha value is -2.78. The van der Waals surface area contributed by atoms with Crippen LogP contribution < -0.4 is 10.1 Å². The maximum absolute atomic E-state index is 12.5. The van der Waals surface area contributed by atoms with Gasteiger partial charge in [0.05, 0.1) is 0 Å². The Bertz CT molecular complexity index is 994. The number of nitrogens with one attached hydrogen (secondary N) is 1. The number of hydrogen-bond donors (Lipinski definition) is 1. The minimum atomic E-state index is -4.78. The van der Waals surface area contributed by atoms with Gasteiger partial charge in [0.2, 0.25) is 0 Å². The van der Waals surface area contributed by atoms with E-state index in [0.717, 1.165) is 28.3 Å². The number of amides is 2. The molecule has 2 aromatic rings. The number of benzene rings is 2. The number of ether oxygens (including phenoxy) is 2. The van der Waals surface area contributed by atoms with Gasteiger partial charge in [-0.05, 0) is 48.9 Å². The first-order valence-corrected chi connectivity index (χ1v) is 8.97. The van der Waals surface area contributed by atoms with E-state index in [2.05, 4.69) is 15.2 Å². The number of rotatable bonds is 2. The van der Waals surface area contributed by atoms with Crippen LogP contribution in [0.3, 0.4) is 0 Å². The Balaban J connectivity index is 1.50. The van der Waals surface area contributed by atoms with Crippen LogP contribution in [-0.2, 0) is 11.2 Å². The lowest BCUT2D eigenvalue weighted by Gasteiger charge is -2.33. The molecule has 4 rings (SSSR count). The van der Waals surface area contributed by atoms with Crippen LogP contribution in [0.1, 0.15) is 18.1 Å². The first-order chi connectivity index (χ1) is 13.6. The summed E-state index contributed by atoms with van der Waals surface area (Å²) in [5.41, 5.74) is 2.11. The van der Waals surface area contributed by atoms with Crippen LogP contribution in [0.2, 0.25) is 5.02 Å². The monoisotopic (exact) mass is 425 g/mol. The van der Waals surface area contributed by atoms with Gasteiger partial charge < -0.3 is 14.8 Å². The third-order valence-electron chi connectivity index (χ3n) is 4.65. The Morgan fingerprint density at radius 2 is 2.00 bits per heavy atom. The van der Waals surface area contributed by atoms with Crippen LogP contribution in [0.25, 0.3) is 0 Å². The van der Waals surface area contributed by atoms with Gasteiger partial charge in [0.25, 0.3) is 0 Å². The van der Waals surface area contributed by atoms with E-state index >= 15 is 0 Å². The van der Waals surface area contributed by atoms with E-state index < -0.39 is 18.0 Å². The minimum Gasteiger partial charge on any atom is -0.406 e. The second-order valence-corrected chi connectivity index (χ2v) is 7.27. The van der Waals surface area contributed by atoms with Crippen molar-refractivity contribution in [1.29, 1.82) is 0 Å². The lowest BCUT2D eigenvalue weighted by molar-refractivity contribution is -0.274. The molecule has 0 fully saturated rings. The fraction of sp³-hybridized carbons (Fsp3) is 0.263. The van der Waals surface area contributed by atoms with E-state index in [1.165, 1.54) is 12.1 Å². The number of hydrogen-bond acceptors (Lipinski definition) is 4. The number of anilines is 1. The summed E-state index contributed by atoms with van der Waals surface area (Å²) in [5, 5.41) is 8.75. The van der Waals surface area contributed by atoms with E-state index in [0.29, 0.717) is 17.2 Å². The molecular formula is C19H15ClF3N3O3. The normalized spacial score (nSPS) is 20.6. The van der Waals surface area contributed by atoms with E-state index in [1.54, 1.807) is 6.07 Å². The van der Waals surface area contributed by atoms with Gasteiger partial charge in [0, 0.05) is 22.7 Å². The quantitative estimate of drug-likeness (QED) is 0.753. The molecule has 1 heterocycles. The summed E-state index contributed by atoms with van der Waals surface area (Å²) >= 11 is 6.06. The molecule has 0 saturated carbocycles. The largest absolute Gasteiger partial charge is 0.573 e. The fourth-order valence-corrected chi connectivity index (χ4v) is 3.53. The Morgan fingerprint density at radius 3 is 2.69 bits per heavy atom. The zero-order chi connectivity index (χ0) is 20.8. The molecule has 29 heavy (non-hydrogen) atoms. The maximum Gasteiger partial charge on any atom is 0.573 e. The number of urea groups is 1. The SMILES string of the molecule is CC12Cc3cc(Cl)ccc3C1=NN(C(=O)Nc1ccc(OC(F)(F)F)cc1)CO2. The molecule has 0 spiro atoms. The number of alkyl halides is 3. The topological polar surface area (TPSA) is 63.2 Å². The van der Waals surface area contributed by atoms with Crippen LogP contribution in [-0.4, -0.2) is 35.4 Å². The Labute approximate surface area is 168 Å². The summed E-state index contributed by atoms with van der Waals surface area (Å²) in [6.07, 6.45) is -4.18. The molecule has 1 N–H and O–H groups in total. The third kappa shape index (κ3) is 4.01. The molecular weight excluding hydrogens is 411 g/mol. The molecule has 2 aliphatic rings. The predicted octanol–water partition coefficient (Wildman–Crippen LogP) is 4.78. The summed E-state index contributed by atoms with van der Waals surface area (Å²) in [6.45, 7) is 1.83. The molecule has 0 saturated heterocycles. The second kappa shape index (κ2) is 6.93. The Morgan fingerprint density at radius 1 is 1.28 bits per heavy atom. The van der Waals surface area contributed by atoms with E-state index in [-0.39, 0.29) is 18.2 Å². The number of fused-ring (bicyclic) bond motifs is 3. The van der Waals surface area contributed by atoms with E-state index in [9.17, 15) is 18.0 Å². The molecule has 152 valence electrons. The fourth-order valence-electron chi connectivity index (χ4n) is 3.34. The first-order valence-electron chi connectivity index (χ1n) is 8.59. The van der Waals surface area contributed by atoms with Gasteiger partial charge in [-0.25, -0.2) is 4.79 Å².